The van der Waals surface area contributed by atoms with Crippen LogP contribution in [0.3, 0.4) is 0 Å². The van der Waals surface area contributed by atoms with Crippen LogP contribution < -0.4 is 4.90 Å². The highest BCUT2D eigenvalue weighted by Crippen LogP contribution is 2.29. The second kappa shape index (κ2) is 5.30. The Morgan fingerprint density at radius 1 is 1.53 bits per heavy atom. The van der Waals surface area contributed by atoms with Crippen molar-refractivity contribution in [2.75, 3.05) is 24.2 Å². The SMILES string of the molecule is CS(=O)c1nc(Cl)c(F)c(N2CCCC(C)(O)C2)n1. The van der Waals surface area contributed by atoms with Gasteiger partial charge in [0, 0.05) is 19.3 Å². The van der Waals surface area contributed by atoms with Gasteiger partial charge in [-0.1, -0.05) is 11.6 Å². The number of nitrogens with zero attached hydrogens (tertiary/aromatic N) is 3. The largest absolute Gasteiger partial charge is 0.388 e. The van der Waals surface area contributed by atoms with Crippen LogP contribution in [0.5, 0.6) is 0 Å². The summed E-state index contributed by atoms with van der Waals surface area (Å²) in [6.07, 6.45) is 2.77. The fraction of sp³-hybridized carbons (Fsp3) is 0.636. The van der Waals surface area contributed by atoms with Crippen LogP contribution >= 0.6 is 11.6 Å². The lowest BCUT2D eigenvalue weighted by molar-refractivity contribution is 0.0445. The van der Waals surface area contributed by atoms with Gasteiger partial charge in [-0.2, -0.15) is 9.37 Å². The highest BCUT2D eigenvalue weighted by atomic mass is 35.5. The van der Waals surface area contributed by atoms with Gasteiger partial charge in [-0.15, -0.1) is 0 Å². The van der Waals surface area contributed by atoms with Crippen LogP contribution in [0.15, 0.2) is 5.16 Å². The Kier molecular flexibility index (Phi) is 4.08. The Morgan fingerprint density at radius 2 is 2.21 bits per heavy atom. The summed E-state index contributed by atoms with van der Waals surface area (Å²) in [6, 6.07) is 0. The second-order valence-electron chi connectivity index (χ2n) is 4.91. The van der Waals surface area contributed by atoms with Crippen LogP contribution in [0.1, 0.15) is 19.8 Å². The van der Waals surface area contributed by atoms with Gasteiger partial charge in [-0.3, -0.25) is 4.21 Å². The first-order valence-electron chi connectivity index (χ1n) is 5.84. The predicted molar refractivity (Wildman–Crippen MR) is 71.4 cm³/mol. The van der Waals surface area contributed by atoms with Crippen LogP contribution in [0.25, 0.3) is 0 Å². The van der Waals surface area contributed by atoms with Crippen molar-refractivity contribution in [3.05, 3.63) is 11.0 Å². The van der Waals surface area contributed by atoms with E-state index in [2.05, 4.69) is 9.97 Å². The lowest BCUT2D eigenvalue weighted by atomic mass is 9.95. The van der Waals surface area contributed by atoms with Crippen LogP contribution in [0, 0.1) is 5.82 Å². The molecule has 106 valence electrons. The summed E-state index contributed by atoms with van der Waals surface area (Å²) in [5.74, 6) is -0.737. The van der Waals surface area contributed by atoms with E-state index in [-0.39, 0.29) is 22.7 Å². The lowest BCUT2D eigenvalue weighted by Gasteiger charge is -2.37. The van der Waals surface area contributed by atoms with Gasteiger partial charge in [0.15, 0.2) is 11.0 Å². The zero-order valence-corrected chi connectivity index (χ0v) is 12.3. The third-order valence-electron chi connectivity index (χ3n) is 3.00. The Morgan fingerprint density at radius 3 is 2.79 bits per heavy atom. The molecule has 2 unspecified atom stereocenters. The lowest BCUT2D eigenvalue weighted by Crippen LogP contribution is -2.47. The predicted octanol–water partition coefficient (Wildman–Crippen LogP) is 1.36. The average Bonchev–Trinajstić information content (AvgIpc) is 2.30. The number of piperidine rings is 1. The molecule has 0 bridgehead atoms. The molecule has 0 amide bonds. The van der Waals surface area contributed by atoms with Crippen LogP contribution in [0.4, 0.5) is 10.2 Å². The second-order valence-corrected chi connectivity index (χ2v) is 6.54. The van der Waals surface area contributed by atoms with Crippen molar-refractivity contribution in [2.24, 2.45) is 0 Å². The normalized spacial score (nSPS) is 25.4. The van der Waals surface area contributed by atoms with Gasteiger partial charge in [-0.05, 0) is 19.8 Å². The van der Waals surface area contributed by atoms with Gasteiger partial charge in [0.1, 0.15) is 0 Å². The summed E-state index contributed by atoms with van der Waals surface area (Å²) >= 11 is 5.70. The molecule has 19 heavy (non-hydrogen) atoms. The molecule has 0 aromatic carbocycles. The summed E-state index contributed by atoms with van der Waals surface area (Å²) in [6.45, 7) is 2.52. The minimum atomic E-state index is -1.44. The van der Waals surface area contributed by atoms with Crippen LogP contribution in [0.2, 0.25) is 5.15 Å². The number of β-amino-alcohol motifs (C(OH)–C–C–N with tert-alkyl or cyclic N) is 1. The standard InChI is InChI=1S/C11H15ClFN3O2S/c1-11(17)4-3-5-16(6-11)9-7(13)8(12)14-10(15-9)19(2)18/h17H,3-6H2,1-2H3. The third-order valence-corrected chi connectivity index (χ3v) is 3.95. The molecular formula is C11H15ClFN3O2S. The van der Waals surface area contributed by atoms with Crippen molar-refractivity contribution in [1.29, 1.82) is 0 Å². The quantitative estimate of drug-likeness (QED) is 0.660. The number of halogens is 2. The number of aromatic nitrogens is 2. The monoisotopic (exact) mass is 307 g/mol. The van der Waals surface area contributed by atoms with Gasteiger partial charge >= 0.3 is 0 Å². The first-order chi connectivity index (χ1) is 8.80. The van der Waals surface area contributed by atoms with E-state index in [1.165, 1.54) is 6.26 Å². The molecule has 0 radical (unpaired) electrons. The summed E-state index contributed by atoms with van der Waals surface area (Å²) in [7, 11) is -1.44. The number of anilines is 1. The Bertz CT molecular complexity index is 527. The van der Waals surface area contributed by atoms with Crippen molar-refractivity contribution in [3.63, 3.8) is 0 Å². The molecule has 2 rings (SSSR count). The molecule has 2 atom stereocenters. The van der Waals surface area contributed by atoms with Gasteiger partial charge in [0.25, 0.3) is 0 Å². The van der Waals surface area contributed by atoms with Crippen molar-refractivity contribution >= 4 is 28.2 Å². The highest BCUT2D eigenvalue weighted by molar-refractivity contribution is 7.84. The van der Waals surface area contributed by atoms with Crippen LogP contribution in [-0.4, -0.2) is 44.2 Å². The number of aliphatic hydroxyl groups is 1. The minimum absolute atomic E-state index is 0.00479. The molecule has 0 spiro atoms. The van der Waals surface area contributed by atoms with Crippen molar-refractivity contribution in [1.82, 2.24) is 9.97 Å². The molecule has 5 nitrogen and oxygen atoms in total. The molecule has 0 aliphatic carbocycles. The van der Waals surface area contributed by atoms with Gasteiger partial charge < -0.3 is 10.0 Å². The van der Waals surface area contributed by atoms with E-state index in [4.69, 9.17) is 11.6 Å². The third kappa shape index (κ3) is 3.21. The molecule has 0 saturated carbocycles. The van der Waals surface area contributed by atoms with E-state index >= 15 is 0 Å². The maximum atomic E-state index is 14.0. The van der Waals surface area contributed by atoms with E-state index in [9.17, 15) is 13.7 Å². The zero-order valence-electron chi connectivity index (χ0n) is 10.7. The molecular weight excluding hydrogens is 293 g/mol. The molecule has 1 aliphatic heterocycles. The minimum Gasteiger partial charge on any atom is -0.388 e. The maximum absolute atomic E-state index is 14.0. The summed E-state index contributed by atoms with van der Waals surface area (Å²) in [5.41, 5.74) is -0.895. The molecule has 1 fully saturated rings. The maximum Gasteiger partial charge on any atom is 0.221 e. The smallest absolute Gasteiger partial charge is 0.221 e. The van der Waals surface area contributed by atoms with E-state index in [1.54, 1.807) is 11.8 Å². The Balaban J connectivity index is 2.41. The molecule has 1 aliphatic rings. The van der Waals surface area contributed by atoms with E-state index in [1.807, 2.05) is 0 Å². The first-order valence-corrected chi connectivity index (χ1v) is 7.77. The summed E-state index contributed by atoms with van der Waals surface area (Å²) < 4.78 is 25.4. The van der Waals surface area contributed by atoms with Gasteiger partial charge in [-0.25, -0.2) is 4.98 Å². The molecule has 1 aromatic heterocycles. The zero-order chi connectivity index (χ0) is 14.2. The van der Waals surface area contributed by atoms with Crippen molar-refractivity contribution in [3.8, 4) is 0 Å². The van der Waals surface area contributed by atoms with E-state index < -0.39 is 22.2 Å². The summed E-state index contributed by atoms with van der Waals surface area (Å²) in [5, 5.41) is 9.69. The van der Waals surface area contributed by atoms with E-state index in [0.717, 1.165) is 6.42 Å². The Hall–Kier alpha value is -0.790. The average molecular weight is 308 g/mol. The number of hydrogen-bond donors (Lipinski definition) is 1. The van der Waals surface area contributed by atoms with Crippen molar-refractivity contribution < 1.29 is 13.7 Å². The Labute approximate surface area is 118 Å². The van der Waals surface area contributed by atoms with Gasteiger partial charge in [0.05, 0.1) is 16.4 Å². The van der Waals surface area contributed by atoms with Crippen molar-refractivity contribution in [2.45, 2.75) is 30.5 Å². The fourth-order valence-electron chi connectivity index (χ4n) is 2.13. The number of rotatable bonds is 2. The molecule has 1 N–H and O–H groups in total. The highest BCUT2D eigenvalue weighted by Gasteiger charge is 2.31. The first kappa shape index (κ1) is 14.6. The summed E-state index contributed by atoms with van der Waals surface area (Å²) in [4.78, 5) is 9.23. The molecule has 2 heterocycles. The fourth-order valence-corrected chi connectivity index (χ4v) is 2.78. The molecule has 1 aromatic rings. The number of hydrogen-bond acceptors (Lipinski definition) is 5. The van der Waals surface area contributed by atoms with Gasteiger partial charge in [0.2, 0.25) is 11.0 Å². The van der Waals surface area contributed by atoms with E-state index in [0.29, 0.717) is 13.0 Å². The molecule has 1 saturated heterocycles. The molecule has 8 heteroatoms. The topological polar surface area (TPSA) is 66.3 Å². The van der Waals surface area contributed by atoms with Crippen LogP contribution in [-0.2, 0) is 10.8 Å².